The summed E-state index contributed by atoms with van der Waals surface area (Å²) in [6.07, 6.45) is 2.98. The lowest BCUT2D eigenvalue weighted by Gasteiger charge is -2.47. The lowest BCUT2D eigenvalue weighted by Crippen LogP contribution is -2.60. The van der Waals surface area contributed by atoms with Gasteiger partial charge in [0.1, 0.15) is 24.4 Å². The fourth-order valence-corrected chi connectivity index (χ4v) is 3.26. The molecule has 160 valence electrons. The van der Waals surface area contributed by atoms with E-state index in [0.29, 0.717) is 0 Å². The maximum absolute atomic E-state index is 10.3. The molecule has 2 fully saturated rings. The van der Waals surface area contributed by atoms with Gasteiger partial charge in [-0.15, -0.1) is 0 Å². The molecular weight excluding hydrogens is 372 g/mol. The highest BCUT2D eigenvalue weighted by atomic mass is 16.8. The Morgan fingerprint density at radius 2 is 1.93 bits per heavy atom. The summed E-state index contributed by atoms with van der Waals surface area (Å²) in [4.78, 5) is 0. The minimum absolute atomic E-state index is 0.288. The maximum Gasteiger partial charge on any atom is 0.184 e. The fraction of sp³-hybridized carbons (Fsp3) is 0.478. The van der Waals surface area contributed by atoms with E-state index in [1.807, 2.05) is 63.3 Å². The third kappa shape index (κ3) is 5.85. The highest BCUT2D eigenvalue weighted by molar-refractivity contribution is 5.26. The number of hydrogen-bond donors (Lipinski definition) is 2. The molecule has 0 amide bonds. The highest BCUT2D eigenvalue weighted by Crippen LogP contribution is 2.36. The summed E-state index contributed by atoms with van der Waals surface area (Å²) in [6, 6.07) is 9.54. The number of aliphatic hydroxyl groups is 2. The molecule has 2 N–H and O–H groups in total. The third-order valence-electron chi connectivity index (χ3n) is 4.54. The van der Waals surface area contributed by atoms with Crippen molar-refractivity contribution in [2.75, 3.05) is 13.2 Å². The largest absolute Gasteiger partial charge is 0.394 e. The van der Waals surface area contributed by atoms with E-state index in [1.54, 1.807) is 12.2 Å². The maximum atomic E-state index is 10.3. The molecule has 0 saturated carbocycles. The summed E-state index contributed by atoms with van der Waals surface area (Å²) >= 11 is 0. The van der Waals surface area contributed by atoms with Crippen molar-refractivity contribution >= 4 is 0 Å². The molecule has 6 unspecified atom stereocenters. The Kier molecular flexibility index (Phi) is 9.73. The fourth-order valence-electron chi connectivity index (χ4n) is 3.26. The Morgan fingerprint density at radius 1 is 1.21 bits per heavy atom. The van der Waals surface area contributed by atoms with E-state index in [1.165, 1.54) is 0 Å². The van der Waals surface area contributed by atoms with Gasteiger partial charge in [-0.05, 0) is 6.92 Å². The van der Waals surface area contributed by atoms with Gasteiger partial charge in [0.15, 0.2) is 12.6 Å². The van der Waals surface area contributed by atoms with Crippen LogP contribution < -0.4 is 0 Å². The number of fused-ring (bicyclic) bond motifs is 1. The molecule has 0 aromatic heterocycles. The van der Waals surface area contributed by atoms with Crippen LogP contribution in [0.2, 0.25) is 0 Å². The Bertz CT molecular complexity index is 671. The number of ether oxygens (including phenoxy) is 4. The molecule has 0 bridgehead atoms. The van der Waals surface area contributed by atoms with Gasteiger partial charge < -0.3 is 29.2 Å². The second-order valence-corrected chi connectivity index (χ2v) is 6.44. The zero-order valence-electron chi connectivity index (χ0n) is 17.3. The zero-order chi connectivity index (χ0) is 21.2. The van der Waals surface area contributed by atoms with Gasteiger partial charge >= 0.3 is 0 Å². The first kappa shape index (κ1) is 23.5. The van der Waals surface area contributed by atoms with Crippen molar-refractivity contribution < 1.29 is 29.2 Å². The summed E-state index contributed by atoms with van der Waals surface area (Å²) in [5.41, 5.74) is 1.63. The Hall–Kier alpha value is -1.80. The van der Waals surface area contributed by atoms with Gasteiger partial charge in [0.2, 0.25) is 0 Å². The van der Waals surface area contributed by atoms with Crippen LogP contribution in [-0.2, 0) is 18.9 Å². The average molecular weight is 405 g/mol. The molecule has 2 aliphatic heterocycles. The van der Waals surface area contributed by atoms with E-state index in [0.717, 1.165) is 11.1 Å². The van der Waals surface area contributed by atoms with Gasteiger partial charge in [0, 0.05) is 11.1 Å². The normalized spacial score (nSPS) is 30.8. The van der Waals surface area contributed by atoms with Gasteiger partial charge in [0.05, 0.1) is 13.2 Å². The van der Waals surface area contributed by atoms with Crippen molar-refractivity contribution in [3.8, 4) is 0 Å². The van der Waals surface area contributed by atoms with Gasteiger partial charge in [-0.1, -0.05) is 75.1 Å². The van der Waals surface area contributed by atoms with Gasteiger partial charge in [-0.25, -0.2) is 0 Å². The molecule has 2 heterocycles. The van der Waals surface area contributed by atoms with Gasteiger partial charge in [0.25, 0.3) is 0 Å². The lowest BCUT2D eigenvalue weighted by atomic mass is 9.99. The molecule has 1 aromatic rings. The quantitative estimate of drug-likeness (QED) is 0.709. The van der Waals surface area contributed by atoms with Crippen LogP contribution >= 0.6 is 0 Å². The van der Waals surface area contributed by atoms with Crippen LogP contribution in [0.3, 0.4) is 0 Å². The minimum atomic E-state index is -1.10. The second-order valence-electron chi connectivity index (χ2n) is 6.44. The molecule has 1 aromatic carbocycles. The number of allylic oxidation sites excluding steroid dienone is 3. The first-order valence-corrected chi connectivity index (χ1v) is 10.0. The van der Waals surface area contributed by atoms with E-state index in [2.05, 4.69) is 6.58 Å². The van der Waals surface area contributed by atoms with Crippen molar-refractivity contribution in [3.63, 3.8) is 0 Å². The topological polar surface area (TPSA) is 77.4 Å². The van der Waals surface area contributed by atoms with Crippen molar-refractivity contribution in [2.24, 2.45) is 0 Å². The predicted octanol–water partition coefficient (Wildman–Crippen LogP) is 3.28. The van der Waals surface area contributed by atoms with E-state index in [-0.39, 0.29) is 6.61 Å². The summed E-state index contributed by atoms with van der Waals surface area (Å²) in [5, 5.41) is 19.8. The number of benzene rings is 1. The molecule has 3 rings (SSSR count). The monoisotopic (exact) mass is 404 g/mol. The highest BCUT2D eigenvalue weighted by Gasteiger charge is 2.48. The van der Waals surface area contributed by atoms with E-state index < -0.39 is 43.6 Å². The van der Waals surface area contributed by atoms with Crippen molar-refractivity contribution in [1.29, 1.82) is 0 Å². The first-order valence-electron chi connectivity index (χ1n) is 10.0. The molecule has 6 heteroatoms. The smallest absolute Gasteiger partial charge is 0.184 e. The Balaban J connectivity index is 0.00000145. The van der Waals surface area contributed by atoms with E-state index in [4.69, 9.17) is 18.9 Å². The summed E-state index contributed by atoms with van der Waals surface area (Å²) in [5.74, 6) is 0. The van der Waals surface area contributed by atoms with Crippen molar-refractivity contribution in [1.82, 2.24) is 0 Å². The van der Waals surface area contributed by atoms with Gasteiger partial charge in [-0.3, -0.25) is 0 Å². The molecule has 0 radical (unpaired) electrons. The zero-order valence-corrected chi connectivity index (χ0v) is 17.3. The van der Waals surface area contributed by atoms with Crippen LogP contribution in [0.4, 0.5) is 0 Å². The van der Waals surface area contributed by atoms with E-state index in [9.17, 15) is 10.2 Å². The summed E-state index contributed by atoms with van der Waals surface area (Å²) in [6.45, 7) is 9.45. The van der Waals surface area contributed by atoms with Crippen molar-refractivity contribution in [3.05, 3.63) is 72.4 Å². The van der Waals surface area contributed by atoms with Crippen LogP contribution in [-0.4, -0.2) is 54.1 Å². The molecule has 2 saturated heterocycles. The number of rotatable bonds is 6. The molecule has 2 aliphatic rings. The molecule has 0 aliphatic carbocycles. The third-order valence-corrected chi connectivity index (χ3v) is 4.54. The first-order chi connectivity index (χ1) is 14.2. The number of hydrogen-bond acceptors (Lipinski definition) is 6. The van der Waals surface area contributed by atoms with Crippen LogP contribution in [0.25, 0.3) is 0 Å². The summed E-state index contributed by atoms with van der Waals surface area (Å²) < 4.78 is 23.9. The standard InChI is InChI=1S/C21H26O6.C2H6/c1-3-8-14(9-4-2)21-25-17-13-24-20(15-10-6-5-7-11-15)27-19(17)18(26-21)16(23)12-22;1-2/h3-11,16-23H,1,12-13H2,2H3;1-2H3/b9-4-,14-8+;. The molecule has 29 heavy (non-hydrogen) atoms. The SMILES string of the molecule is C=C/C=C(\C=C/C)C1OC2COC(c3ccccc3)OC2C(C(O)CO)O1.CC. The van der Waals surface area contributed by atoms with Crippen LogP contribution in [0.5, 0.6) is 0 Å². The van der Waals surface area contributed by atoms with Crippen molar-refractivity contribution in [2.45, 2.75) is 57.8 Å². The predicted molar refractivity (Wildman–Crippen MR) is 111 cm³/mol. The Morgan fingerprint density at radius 3 is 2.55 bits per heavy atom. The van der Waals surface area contributed by atoms with Crippen LogP contribution in [0.15, 0.2) is 66.8 Å². The van der Waals surface area contributed by atoms with Gasteiger partial charge in [-0.2, -0.15) is 0 Å². The van der Waals surface area contributed by atoms with E-state index >= 15 is 0 Å². The minimum Gasteiger partial charge on any atom is -0.394 e. The summed E-state index contributed by atoms with van der Waals surface area (Å²) in [7, 11) is 0. The lowest BCUT2D eigenvalue weighted by molar-refractivity contribution is -0.362. The van der Waals surface area contributed by atoms with Crippen LogP contribution in [0, 0.1) is 0 Å². The average Bonchev–Trinajstić information content (AvgIpc) is 2.79. The molecular formula is C23H32O6. The molecule has 0 spiro atoms. The van der Waals surface area contributed by atoms with Crippen LogP contribution in [0.1, 0.15) is 32.6 Å². The second kappa shape index (κ2) is 12.0. The molecule has 6 atom stereocenters. The Labute approximate surface area is 173 Å². The number of aliphatic hydroxyl groups excluding tert-OH is 2. The molecule has 6 nitrogen and oxygen atoms in total.